The van der Waals surface area contributed by atoms with Crippen LogP contribution in [-0.2, 0) is 9.53 Å². The Labute approximate surface area is 188 Å². The van der Waals surface area contributed by atoms with Crippen molar-refractivity contribution < 1.29 is 19.0 Å². The van der Waals surface area contributed by atoms with E-state index in [1.807, 2.05) is 18.2 Å². The first kappa shape index (κ1) is 21.2. The van der Waals surface area contributed by atoms with Crippen LogP contribution in [0.25, 0.3) is 10.2 Å². The van der Waals surface area contributed by atoms with Crippen LogP contribution in [0.4, 0.5) is 5.13 Å². The third kappa shape index (κ3) is 4.81. The Kier molecular flexibility index (Phi) is 6.63. The average Bonchev–Trinajstić information content (AvgIpc) is 3.39. The first-order valence-electron chi connectivity index (χ1n) is 9.48. The third-order valence-corrected chi connectivity index (χ3v) is 6.36. The van der Waals surface area contributed by atoms with Crippen molar-refractivity contribution in [2.45, 2.75) is 18.9 Å². The van der Waals surface area contributed by atoms with Crippen LogP contribution in [-0.4, -0.2) is 43.9 Å². The Morgan fingerprint density at radius 1 is 1.30 bits per heavy atom. The lowest BCUT2D eigenvalue weighted by atomic mass is 10.2. The fraction of sp³-hybridized carbons (Fsp3) is 0.333. The number of rotatable bonds is 7. The van der Waals surface area contributed by atoms with Crippen molar-refractivity contribution in [1.29, 1.82) is 0 Å². The molecule has 0 aliphatic carbocycles. The summed E-state index contributed by atoms with van der Waals surface area (Å²) in [4.78, 5) is 19.4. The quantitative estimate of drug-likeness (QED) is 0.478. The van der Waals surface area contributed by atoms with Gasteiger partial charge in [0.25, 0.3) is 5.91 Å². The molecule has 0 radical (unpaired) electrons. The molecule has 1 saturated heterocycles. The number of ether oxygens (including phenoxy) is 3. The van der Waals surface area contributed by atoms with E-state index in [9.17, 15) is 4.79 Å². The lowest BCUT2D eigenvalue weighted by Gasteiger charge is -2.23. The molecular formula is C21H20Cl2N2O4S. The zero-order chi connectivity index (χ0) is 21.1. The fourth-order valence-corrected chi connectivity index (χ4v) is 4.66. The van der Waals surface area contributed by atoms with Crippen LogP contribution in [0, 0.1) is 0 Å². The molecule has 1 fully saturated rings. The van der Waals surface area contributed by atoms with Crippen molar-refractivity contribution in [2.75, 3.05) is 31.8 Å². The highest BCUT2D eigenvalue weighted by molar-refractivity contribution is 7.22. The molecule has 1 aliphatic heterocycles. The van der Waals surface area contributed by atoms with Crippen LogP contribution in [0.1, 0.15) is 12.8 Å². The standard InChI is InChI=1S/C21H20Cl2N2O4S/c1-27-14-5-7-19-17(10-14)24-21(30-19)25(11-15-3-2-8-28-15)20(26)12-29-18-6-4-13(22)9-16(18)23/h4-7,9-10,15H,2-3,8,11-12H2,1H3. The molecule has 9 heteroatoms. The monoisotopic (exact) mass is 466 g/mol. The maximum absolute atomic E-state index is 13.1. The highest BCUT2D eigenvalue weighted by atomic mass is 35.5. The van der Waals surface area contributed by atoms with Crippen molar-refractivity contribution >= 4 is 55.8 Å². The molecule has 1 aliphatic rings. The van der Waals surface area contributed by atoms with Crippen LogP contribution in [0.5, 0.6) is 11.5 Å². The SMILES string of the molecule is COc1ccc2sc(N(CC3CCCO3)C(=O)COc3ccc(Cl)cc3Cl)nc2c1. The fourth-order valence-electron chi connectivity index (χ4n) is 3.23. The number of hydrogen-bond donors (Lipinski definition) is 0. The Bertz CT molecular complexity index is 1050. The first-order chi connectivity index (χ1) is 14.5. The van der Waals surface area contributed by atoms with Crippen LogP contribution in [0.2, 0.25) is 10.0 Å². The van der Waals surface area contributed by atoms with Gasteiger partial charge in [0.2, 0.25) is 0 Å². The van der Waals surface area contributed by atoms with Gasteiger partial charge in [-0.3, -0.25) is 9.69 Å². The van der Waals surface area contributed by atoms with Gasteiger partial charge < -0.3 is 14.2 Å². The topological polar surface area (TPSA) is 60.9 Å². The second-order valence-electron chi connectivity index (χ2n) is 6.83. The summed E-state index contributed by atoms with van der Waals surface area (Å²) in [6.07, 6.45) is 1.88. The molecule has 1 amide bonds. The van der Waals surface area contributed by atoms with Crippen molar-refractivity contribution in [1.82, 2.24) is 4.98 Å². The molecule has 0 saturated carbocycles. The zero-order valence-corrected chi connectivity index (χ0v) is 18.6. The number of thiazole rings is 1. The van der Waals surface area contributed by atoms with Crippen LogP contribution < -0.4 is 14.4 Å². The van der Waals surface area contributed by atoms with Crippen molar-refractivity contribution in [3.05, 3.63) is 46.4 Å². The van der Waals surface area contributed by atoms with E-state index in [4.69, 9.17) is 37.4 Å². The Morgan fingerprint density at radius 2 is 2.17 bits per heavy atom. The van der Waals surface area contributed by atoms with Gasteiger partial charge in [-0.05, 0) is 43.2 Å². The summed E-state index contributed by atoms with van der Waals surface area (Å²) in [6, 6.07) is 10.6. The minimum Gasteiger partial charge on any atom is -0.497 e. The second kappa shape index (κ2) is 9.39. The van der Waals surface area contributed by atoms with Crippen LogP contribution in [0.3, 0.4) is 0 Å². The summed E-state index contributed by atoms with van der Waals surface area (Å²) in [5.41, 5.74) is 0.779. The van der Waals surface area contributed by atoms with Crippen molar-refractivity contribution in [2.24, 2.45) is 0 Å². The third-order valence-electron chi connectivity index (χ3n) is 4.77. The number of anilines is 1. The van der Waals surface area contributed by atoms with Crippen molar-refractivity contribution in [3.8, 4) is 11.5 Å². The molecule has 0 bridgehead atoms. The number of aromatic nitrogens is 1. The Balaban J connectivity index is 1.56. The van der Waals surface area contributed by atoms with Gasteiger partial charge in [0.1, 0.15) is 11.5 Å². The number of amides is 1. The summed E-state index contributed by atoms with van der Waals surface area (Å²) in [7, 11) is 1.61. The van der Waals surface area contributed by atoms with Gasteiger partial charge in [0, 0.05) is 17.7 Å². The van der Waals surface area contributed by atoms with Crippen LogP contribution >= 0.6 is 34.5 Å². The highest BCUT2D eigenvalue weighted by Gasteiger charge is 2.26. The number of carbonyl (C=O) groups is 1. The molecule has 2 aromatic carbocycles. The lowest BCUT2D eigenvalue weighted by molar-refractivity contribution is -0.120. The van der Waals surface area contributed by atoms with Gasteiger partial charge in [-0.15, -0.1) is 0 Å². The molecule has 1 unspecified atom stereocenters. The number of benzene rings is 2. The second-order valence-corrected chi connectivity index (χ2v) is 8.69. The molecule has 158 valence electrons. The number of carbonyl (C=O) groups excluding carboxylic acids is 1. The number of fused-ring (bicyclic) bond motifs is 1. The molecule has 4 rings (SSSR count). The molecule has 2 heterocycles. The molecular weight excluding hydrogens is 447 g/mol. The van der Waals surface area contributed by atoms with Gasteiger partial charge in [0.15, 0.2) is 11.7 Å². The maximum Gasteiger partial charge on any atom is 0.266 e. The number of halogens is 2. The zero-order valence-electron chi connectivity index (χ0n) is 16.3. The van der Waals surface area contributed by atoms with E-state index >= 15 is 0 Å². The van der Waals surface area contributed by atoms with E-state index in [1.165, 1.54) is 11.3 Å². The summed E-state index contributed by atoms with van der Waals surface area (Å²) in [6.45, 7) is 0.960. The van der Waals surface area contributed by atoms with E-state index in [-0.39, 0.29) is 18.6 Å². The van der Waals surface area contributed by atoms with Gasteiger partial charge in [-0.2, -0.15) is 0 Å². The van der Waals surface area contributed by atoms with E-state index < -0.39 is 0 Å². The molecule has 1 aromatic heterocycles. The van der Waals surface area contributed by atoms with Gasteiger partial charge in [-0.25, -0.2) is 4.98 Å². The minimum absolute atomic E-state index is 0.0189. The van der Waals surface area contributed by atoms with Crippen molar-refractivity contribution in [3.63, 3.8) is 0 Å². The number of hydrogen-bond acceptors (Lipinski definition) is 6. The van der Waals surface area contributed by atoms with E-state index in [1.54, 1.807) is 30.2 Å². The van der Waals surface area contributed by atoms with Crippen LogP contribution in [0.15, 0.2) is 36.4 Å². The van der Waals surface area contributed by atoms with E-state index in [2.05, 4.69) is 4.98 Å². The molecule has 0 spiro atoms. The number of nitrogens with zero attached hydrogens (tertiary/aromatic N) is 2. The summed E-state index contributed by atoms with van der Waals surface area (Å²) in [5, 5.41) is 1.46. The maximum atomic E-state index is 13.1. The Morgan fingerprint density at radius 3 is 2.90 bits per heavy atom. The molecule has 1 atom stereocenters. The highest BCUT2D eigenvalue weighted by Crippen LogP contribution is 2.32. The first-order valence-corrected chi connectivity index (χ1v) is 11.0. The Hall–Kier alpha value is -2.06. The van der Waals surface area contributed by atoms with Gasteiger partial charge >= 0.3 is 0 Å². The smallest absolute Gasteiger partial charge is 0.266 e. The molecule has 0 N–H and O–H groups in total. The molecule has 30 heavy (non-hydrogen) atoms. The molecule has 6 nitrogen and oxygen atoms in total. The normalized spacial score (nSPS) is 16.0. The number of methoxy groups -OCH3 is 1. The summed E-state index contributed by atoms with van der Waals surface area (Å²) < 4.78 is 17.7. The van der Waals surface area contributed by atoms with E-state index in [0.717, 1.165) is 28.8 Å². The van der Waals surface area contributed by atoms with Gasteiger partial charge in [-0.1, -0.05) is 34.5 Å². The van der Waals surface area contributed by atoms with Gasteiger partial charge in [0.05, 0.1) is 35.0 Å². The largest absolute Gasteiger partial charge is 0.497 e. The predicted molar refractivity (Wildman–Crippen MR) is 119 cm³/mol. The van der Waals surface area contributed by atoms with E-state index in [0.29, 0.717) is 34.1 Å². The minimum atomic E-state index is -0.220. The molecule has 3 aromatic rings. The summed E-state index contributed by atoms with van der Waals surface area (Å²) >= 11 is 13.5. The predicted octanol–water partition coefficient (Wildman–Crippen LogP) is 5.20. The summed E-state index contributed by atoms with van der Waals surface area (Å²) in [5.74, 6) is 0.903. The average molecular weight is 467 g/mol. The lowest BCUT2D eigenvalue weighted by Crippen LogP contribution is -2.40.